The minimum atomic E-state index is -0.814. The lowest BCUT2D eigenvalue weighted by Crippen LogP contribution is -2.42. The normalized spacial score (nSPS) is 10.8. The van der Waals surface area contributed by atoms with Crippen molar-refractivity contribution in [3.8, 4) is 0 Å². The van der Waals surface area contributed by atoms with Gasteiger partial charge >= 0.3 is 12.0 Å². The van der Waals surface area contributed by atoms with Crippen LogP contribution >= 0.6 is 0 Å². The van der Waals surface area contributed by atoms with Gasteiger partial charge in [-0.2, -0.15) is 0 Å². The first-order valence-electron chi connectivity index (χ1n) is 6.77. The van der Waals surface area contributed by atoms with E-state index in [0.717, 1.165) is 0 Å². The number of nitrogens with one attached hydrogen (secondary N) is 3. The summed E-state index contributed by atoms with van der Waals surface area (Å²) in [6.45, 7) is 6.64. The van der Waals surface area contributed by atoms with Crippen molar-refractivity contribution in [3.05, 3.63) is 0 Å². The highest BCUT2D eigenvalue weighted by Gasteiger charge is 2.19. The lowest BCUT2D eigenvalue weighted by atomic mass is 9.84. The SMILES string of the molecule is CCNC(=O)CNC(=O)NCCC(C)(C)CCC(=O)O. The molecule has 7 heteroatoms. The van der Waals surface area contributed by atoms with Crippen LogP contribution < -0.4 is 16.0 Å². The first-order valence-corrected chi connectivity index (χ1v) is 6.77. The number of likely N-dealkylation sites (N-methyl/N-ethyl adjacent to an activating group) is 1. The van der Waals surface area contributed by atoms with E-state index < -0.39 is 12.0 Å². The first kappa shape index (κ1) is 18.2. The lowest BCUT2D eigenvalue weighted by molar-refractivity contribution is -0.137. The van der Waals surface area contributed by atoms with Crippen molar-refractivity contribution in [3.63, 3.8) is 0 Å². The van der Waals surface area contributed by atoms with Crippen LogP contribution in [0.2, 0.25) is 0 Å². The summed E-state index contributed by atoms with van der Waals surface area (Å²) in [7, 11) is 0. The summed E-state index contributed by atoms with van der Waals surface area (Å²) in [5, 5.41) is 16.3. The Morgan fingerprint density at radius 1 is 1.05 bits per heavy atom. The molecule has 0 radical (unpaired) electrons. The Labute approximate surface area is 119 Å². The van der Waals surface area contributed by atoms with E-state index in [0.29, 0.717) is 25.9 Å². The van der Waals surface area contributed by atoms with E-state index in [-0.39, 0.29) is 24.3 Å². The molecule has 0 unspecified atom stereocenters. The second-order valence-electron chi connectivity index (χ2n) is 5.37. The molecule has 7 nitrogen and oxygen atoms in total. The molecular weight excluding hydrogens is 262 g/mol. The number of carbonyl (C=O) groups is 3. The standard InChI is InChI=1S/C13H25N3O4/c1-4-14-10(17)9-16-12(20)15-8-7-13(2,3)6-5-11(18)19/h4-9H2,1-3H3,(H,14,17)(H,18,19)(H2,15,16,20). The number of carboxylic acid groups (broad SMARTS) is 1. The third kappa shape index (κ3) is 10.2. The van der Waals surface area contributed by atoms with Crippen LogP contribution in [0.5, 0.6) is 0 Å². The zero-order valence-electron chi connectivity index (χ0n) is 12.4. The molecule has 4 N–H and O–H groups in total. The number of hydrogen-bond donors (Lipinski definition) is 4. The van der Waals surface area contributed by atoms with E-state index in [9.17, 15) is 14.4 Å². The molecule has 0 rings (SSSR count). The highest BCUT2D eigenvalue weighted by Crippen LogP contribution is 2.25. The van der Waals surface area contributed by atoms with Crippen molar-refractivity contribution >= 4 is 17.9 Å². The van der Waals surface area contributed by atoms with Crippen LogP contribution in [0.3, 0.4) is 0 Å². The van der Waals surface area contributed by atoms with Gasteiger partial charge in [-0.05, 0) is 25.2 Å². The number of carbonyl (C=O) groups excluding carboxylic acids is 2. The number of amides is 3. The van der Waals surface area contributed by atoms with Gasteiger partial charge in [-0.15, -0.1) is 0 Å². The van der Waals surface area contributed by atoms with Gasteiger partial charge in [0.25, 0.3) is 0 Å². The second kappa shape index (κ2) is 9.17. The number of carboxylic acids is 1. The van der Waals surface area contributed by atoms with Crippen molar-refractivity contribution in [2.24, 2.45) is 5.41 Å². The highest BCUT2D eigenvalue weighted by atomic mass is 16.4. The monoisotopic (exact) mass is 287 g/mol. The number of aliphatic carboxylic acids is 1. The molecule has 0 bridgehead atoms. The van der Waals surface area contributed by atoms with Gasteiger partial charge in [0.1, 0.15) is 0 Å². The quantitative estimate of drug-likeness (QED) is 0.500. The zero-order chi connectivity index (χ0) is 15.6. The Balaban J connectivity index is 3.79. The molecule has 0 aromatic carbocycles. The summed E-state index contributed by atoms with van der Waals surface area (Å²) in [4.78, 5) is 33.0. The predicted octanol–water partition coefficient (Wildman–Crippen LogP) is 0.703. The van der Waals surface area contributed by atoms with Crippen molar-refractivity contribution < 1.29 is 19.5 Å². The van der Waals surface area contributed by atoms with Crippen molar-refractivity contribution in [1.29, 1.82) is 0 Å². The maximum atomic E-state index is 11.4. The summed E-state index contributed by atoms with van der Waals surface area (Å²) in [6, 6.07) is -0.398. The largest absolute Gasteiger partial charge is 0.481 e. The molecule has 20 heavy (non-hydrogen) atoms. The summed E-state index contributed by atoms with van der Waals surface area (Å²) in [5.74, 6) is -1.05. The van der Waals surface area contributed by atoms with Gasteiger partial charge in [0, 0.05) is 19.5 Å². The molecule has 3 amide bonds. The predicted molar refractivity (Wildman–Crippen MR) is 75.4 cm³/mol. The summed E-state index contributed by atoms with van der Waals surface area (Å²) in [6.07, 6.45) is 1.36. The Morgan fingerprint density at radius 3 is 2.25 bits per heavy atom. The van der Waals surface area contributed by atoms with Crippen LogP contribution in [0.25, 0.3) is 0 Å². The van der Waals surface area contributed by atoms with Crippen LogP contribution in [0, 0.1) is 5.41 Å². The minimum Gasteiger partial charge on any atom is -0.481 e. The topological polar surface area (TPSA) is 108 Å². The average Bonchev–Trinajstić information content (AvgIpc) is 2.34. The van der Waals surface area contributed by atoms with Crippen LogP contribution in [-0.2, 0) is 9.59 Å². The Morgan fingerprint density at radius 2 is 1.70 bits per heavy atom. The fourth-order valence-electron chi connectivity index (χ4n) is 1.57. The van der Waals surface area contributed by atoms with Gasteiger partial charge in [0.2, 0.25) is 5.91 Å². The number of rotatable bonds is 9. The molecule has 0 aliphatic carbocycles. The lowest BCUT2D eigenvalue weighted by Gasteiger charge is -2.23. The maximum Gasteiger partial charge on any atom is 0.315 e. The third-order valence-corrected chi connectivity index (χ3v) is 2.89. The van der Waals surface area contributed by atoms with Gasteiger partial charge < -0.3 is 21.1 Å². The summed E-state index contributed by atoms with van der Waals surface area (Å²) < 4.78 is 0. The van der Waals surface area contributed by atoms with Gasteiger partial charge in [-0.25, -0.2) is 4.79 Å². The summed E-state index contributed by atoms with van der Waals surface area (Å²) in [5.41, 5.74) is -0.148. The number of hydrogen-bond acceptors (Lipinski definition) is 3. The van der Waals surface area contributed by atoms with Crippen LogP contribution in [0.4, 0.5) is 4.79 Å². The van der Waals surface area contributed by atoms with E-state index in [1.54, 1.807) is 6.92 Å². The van der Waals surface area contributed by atoms with Crippen LogP contribution in [0.15, 0.2) is 0 Å². The number of urea groups is 1. The smallest absolute Gasteiger partial charge is 0.315 e. The third-order valence-electron chi connectivity index (χ3n) is 2.89. The molecule has 0 fully saturated rings. The van der Waals surface area contributed by atoms with E-state index in [1.165, 1.54) is 0 Å². The van der Waals surface area contributed by atoms with E-state index >= 15 is 0 Å². The molecule has 116 valence electrons. The van der Waals surface area contributed by atoms with E-state index in [2.05, 4.69) is 16.0 Å². The first-order chi connectivity index (χ1) is 9.26. The molecule has 0 heterocycles. The molecule has 0 spiro atoms. The molecule has 0 aromatic heterocycles. The van der Waals surface area contributed by atoms with Crippen LogP contribution in [-0.4, -0.2) is 42.6 Å². The van der Waals surface area contributed by atoms with E-state index in [1.807, 2.05) is 13.8 Å². The Kier molecular flexibility index (Phi) is 8.35. The summed E-state index contributed by atoms with van der Waals surface area (Å²) >= 11 is 0. The second-order valence-corrected chi connectivity index (χ2v) is 5.37. The van der Waals surface area contributed by atoms with Crippen molar-refractivity contribution in [2.75, 3.05) is 19.6 Å². The van der Waals surface area contributed by atoms with Gasteiger partial charge in [-0.1, -0.05) is 13.8 Å². The molecule has 0 aliphatic heterocycles. The van der Waals surface area contributed by atoms with Crippen LogP contribution in [0.1, 0.15) is 40.0 Å². The van der Waals surface area contributed by atoms with Crippen molar-refractivity contribution in [2.45, 2.75) is 40.0 Å². The molecule has 0 atom stereocenters. The van der Waals surface area contributed by atoms with Crippen molar-refractivity contribution in [1.82, 2.24) is 16.0 Å². The Bertz CT molecular complexity index is 343. The molecular formula is C13H25N3O4. The molecule has 0 aromatic rings. The molecule has 0 saturated heterocycles. The zero-order valence-corrected chi connectivity index (χ0v) is 12.4. The van der Waals surface area contributed by atoms with Gasteiger partial charge in [-0.3, -0.25) is 9.59 Å². The highest BCUT2D eigenvalue weighted by molar-refractivity contribution is 5.83. The fourth-order valence-corrected chi connectivity index (χ4v) is 1.57. The average molecular weight is 287 g/mol. The molecule has 0 saturated carbocycles. The van der Waals surface area contributed by atoms with Gasteiger partial charge in [0.15, 0.2) is 0 Å². The minimum absolute atomic E-state index is 0.0535. The maximum absolute atomic E-state index is 11.4. The molecule has 0 aliphatic rings. The van der Waals surface area contributed by atoms with Gasteiger partial charge in [0.05, 0.1) is 6.54 Å². The Hall–Kier alpha value is -1.79. The fraction of sp³-hybridized carbons (Fsp3) is 0.769. The van der Waals surface area contributed by atoms with E-state index in [4.69, 9.17) is 5.11 Å².